The zero-order valence-corrected chi connectivity index (χ0v) is 14.3. The first-order valence-electron chi connectivity index (χ1n) is 7.15. The molecule has 1 aromatic rings. The van der Waals surface area contributed by atoms with Crippen molar-refractivity contribution >= 4 is 27.3 Å². The van der Waals surface area contributed by atoms with Crippen LogP contribution in [0.4, 0.5) is 0 Å². The summed E-state index contributed by atoms with van der Waals surface area (Å²) >= 11 is 1.71. The number of hydrogen-bond donors (Lipinski definition) is 0. The molecule has 1 atom stereocenters. The summed E-state index contributed by atoms with van der Waals surface area (Å²) < 4.78 is 24.7. The van der Waals surface area contributed by atoms with Crippen molar-refractivity contribution in [1.29, 1.82) is 0 Å². The van der Waals surface area contributed by atoms with Gasteiger partial charge in [0.15, 0.2) is 0 Å². The van der Waals surface area contributed by atoms with Gasteiger partial charge in [-0.1, -0.05) is 0 Å². The lowest BCUT2D eigenvalue weighted by Gasteiger charge is -2.26. The Balaban J connectivity index is 2.08. The average molecular weight is 330 g/mol. The van der Waals surface area contributed by atoms with Crippen molar-refractivity contribution in [3.63, 3.8) is 0 Å². The van der Waals surface area contributed by atoms with Gasteiger partial charge in [-0.25, -0.2) is 8.42 Å². The van der Waals surface area contributed by atoms with Crippen LogP contribution in [0.2, 0.25) is 0 Å². The van der Waals surface area contributed by atoms with Gasteiger partial charge in [0.2, 0.25) is 15.9 Å². The molecule has 0 bridgehead atoms. The Morgan fingerprint density at radius 2 is 2.19 bits per heavy atom. The highest BCUT2D eigenvalue weighted by Gasteiger charge is 2.32. The number of hydrogen-bond acceptors (Lipinski definition) is 4. The molecule has 0 spiro atoms. The zero-order chi connectivity index (χ0) is 15.6. The van der Waals surface area contributed by atoms with Crippen molar-refractivity contribution in [2.45, 2.75) is 32.7 Å². The maximum atomic E-state index is 12.4. The third-order valence-electron chi connectivity index (χ3n) is 3.86. The predicted molar refractivity (Wildman–Crippen MR) is 84.8 cm³/mol. The van der Waals surface area contributed by atoms with Crippen LogP contribution >= 0.6 is 11.3 Å². The minimum absolute atomic E-state index is 0.0182. The molecule has 0 aliphatic carbocycles. The van der Waals surface area contributed by atoms with Crippen molar-refractivity contribution < 1.29 is 13.2 Å². The number of sulfonamides is 1. The summed E-state index contributed by atoms with van der Waals surface area (Å²) in [6.07, 6.45) is 1.92. The highest BCUT2D eigenvalue weighted by Crippen LogP contribution is 2.35. The van der Waals surface area contributed by atoms with Crippen LogP contribution in [-0.2, 0) is 14.8 Å². The Morgan fingerprint density at radius 3 is 2.76 bits per heavy atom. The zero-order valence-electron chi connectivity index (χ0n) is 12.7. The SMILES string of the molecule is CCS(=O)(=O)N(C)CC(=O)N1CCC[C@@H]1c1ccc(C)s1. The van der Waals surface area contributed by atoms with Crippen LogP contribution in [0.3, 0.4) is 0 Å². The monoisotopic (exact) mass is 330 g/mol. The first-order valence-corrected chi connectivity index (χ1v) is 9.57. The van der Waals surface area contributed by atoms with Gasteiger partial charge in [-0.2, -0.15) is 4.31 Å². The van der Waals surface area contributed by atoms with Crippen molar-refractivity contribution in [1.82, 2.24) is 9.21 Å². The van der Waals surface area contributed by atoms with Gasteiger partial charge in [-0.05, 0) is 38.8 Å². The lowest BCUT2D eigenvalue weighted by atomic mass is 10.2. The van der Waals surface area contributed by atoms with Crippen LogP contribution in [-0.4, -0.2) is 49.4 Å². The Morgan fingerprint density at radius 1 is 1.48 bits per heavy atom. The molecular formula is C14H22N2O3S2. The molecule has 21 heavy (non-hydrogen) atoms. The normalized spacial score (nSPS) is 19.4. The van der Waals surface area contributed by atoms with Crippen LogP contribution in [0.5, 0.6) is 0 Å². The van der Waals surface area contributed by atoms with Gasteiger partial charge < -0.3 is 4.90 Å². The van der Waals surface area contributed by atoms with Crippen molar-refractivity contribution in [2.75, 3.05) is 25.9 Å². The van der Waals surface area contributed by atoms with E-state index < -0.39 is 10.0 Å². The third kappa shape index (κ3) is 3.64. The standard InChI is InChI=1S/C14H22N2O3S2/c1-4-21(18,19)15(3)10-14(17)16-9-5-6-12(16)13-8-7-11(2)20-13/h7-8,12H,4-6,9-10H2,1-3H3/t12-/m1/s1. The molecule has 0 saturated carbocycles. The van der Waals surface area contributed by atoms with Crippen molar-refractivity contribution in [3.8, 4) is 0 Å². The molecule has 1 aliphatic rings. The summed E-state index contributed by atoms with van der Waals surface area (Å²) in [6.45, 7) is 4.28. The Hall–Kier alpha value is -0.920. The number of likely N-dealkylation sites (N-methyl/N-ethyl adjacent to an activating group) is 1. The molecule has 1 aliphatic heterocycles. The number of aryl methyl sites for hydroxylation is 1. The second-order valence-electron chi connectivity index (χ2n) is 5.35. The number of amides is 1. The molecule has 1 aromatic heterocycles. The summed E-state index contributed by atoms with van der Waals surface area (Å²) in [6, 6.07) is 4.24. The fourth-order valence-electron chi connectivity index (χ4n) is 2.59. The second-order valence-corrected chi connectivity index (χ2v) is 9.03. The fourth-order valence-corrected chi connectivity index (χ4v) is 4.37. The number of likely N-dealkylation sites (tertiary alicyclic amines) is 1. The first-order chi connectivity index (χ1) is 9.85. The Labute approximate surface area is 130 Å². The molecule has 2 rings (SSSR count). The summed E-state index contributed by atoms with van der Waals surface area (Å²) in [4.78, 5) is 16.7. The maximum absolute atomic E-state index is 12.4. The molecule has 0 aromatic carbocycles. The minimum atomic E-state index is -3.31. The maximum Gasteiger partial charge on any atom is 0.238 e. The van der Waals surface area contributed by atoms with Gasteiger partial charge >= 0.3 is 0 Å². The van der Waals surface area contributed by atoms with Gasteiger partial charge in [0.25, 0.3) is 0 Å². The summed E-state index contributed by atoms with van der Waals surface area (Å²) in [5.41, 5.74) is 0. The van der Waals surface area contributed by atoms with Gasteiger partial charge in [0.1, 0.15) is 0 Å². The molecule has 1 amide bonds. The summed E-state index contributed by atoms with van der Waals surface area (Å²) in [7, 11) is -1.84. The van der Waals surface area contributed by atoms with Crippen molar-refractivity contribution in [3.05, 3.63) is 21.9 Å². The van der Waals surface area contributed by atoms with E-state index in [1.54, 1.807) is 18.3 Å². The molecule has 0 N–H and O–H groups in total. The highest BCUT2D eigenvalue weighted by atomic mass is 32.2. The third-order valence-corrected chi connectivity index (χ3v) is 6.77. The number of rotatable bonds is 5. The predicted octanol–water partition coefficient (Wildman–Crippen LogP) is 2.00. The van der Waals surface area contributed by atoms with Crippen LogP contribution in [0.15, 0.2) is 12.1 Å². The van der Waals surface area contributed by atoms with E-state index in [4.69, 9.17) is 0 Å². The van der Waals surface area contributed by atoms with Gasteiger partial charge in [-0.3, -0.25) is 4.79 Å². The molecule has 1 fully saturated rings. The largest absolute Gasteiger partial charge is 0.334 e. The van der Waals surface area contributed by atoms with E-state index in [0.717, 1.165) is 17.1 Å². The highest BCUT2D eigenvalue weighted by molar-refractivity contribution is 7.89. The average Bonchev–Trinajstić information content (AvgIpc) is 3.06. The molecule has 1 saturated heterocycles. The van der Waals surface area contributed by atoms with Crippen LogP contribution < -0.4 is 0 Å². The van der Waals surface area contributed by atoms with E-state index in [9.17, 15) is 13.2 Å². The molecule has 0 unspecified atom stereocenters. The molecule has 118 valence electrons. The molecular weight excluding hydrogens is 308 g/mol. The van der Waals surface area contributed by atoms with Crippen LogP contribution in [0.25, 0.3) is 0 Å². The lowest BCUT2D eigenvalue weighted by molar-refractivity contribution is -0.132. The number of carbonyl (C=O) groups is 1. The van der Waals surface area contributed by atoms with Gasteiger partial charge in [0, 0.05) is 23.3 Å². The van der Waals surface area contributed by atoms with Crippen LogP contribution in [0.1, 0.15) is 35.6 Å². The summed E-state index contributed by atoms with van der Waals surface area (Å²) in [5.74, 6) is -0.0901. The molecule has 7 heteroatoms. The van der Waals surface area contributed by atoms with Crippen molar-refractivity contribution in [2.24, 2.45) is 0 Å². The van der Waals surface area contributed by atoms with Gasteiger partial charge in [-0.15, -0.1) is 11.3 Å². The molecule has 2 heterocycles. The smallest absolute Gasteiger partial charge is 0.238 e. The van der Waals surface area contributed by atoms with E-state index in [-0.39, 0.29) is 24.2 Å². The van der Waals surface area contributed by atoms with E-state index in [1.807, 2.05) is 4.90 Å². The van der Waals surface area contributed by atoms with E-state index >= 15 is 0 Å². The van der Waals surface area contributed by atoms with E-state index in [2.05, 4.69) is 19.1 Å². The lowest BCUT2D eigenvalue weighted by Crippen LogP contribution is -2.41. The molecule has 5 nitrogen and oxygen atoms in total. The summed E-state index contributed by atoms with van der Waals surface area (Å²) in [5, 5.41) is 0. The quantitative estimate of drug-likeness (QED) is 0.830. The van der Waals surface area contributed by atoms with E-state index in [0.29, 0.717) is 6.54 Å². The topological polar surface area (TPSA) is 57.7 Å². The fraction of sp³-hybridized carbons (Fsp3) is 0.643. The van der Waals surface area contributed by atoms with E-state index in [1.165, 1.54) is 16.8 Å². The number of nitrogens with zero attached hydrogens (tertiary/aromatic N) is 2. The minimum Gasteiger partial charge on any atom is -0.334 e. The number of thiophene rings is 1. The first kappa shape index (κ1) is 16.5. The second kappa shape index (κ2) is 6.46. The van der Waals surface area contributed by atoms with Crippen LogP contribution in [0, 0.1) is 6.92 Å². The number of carbonyl (C=O) groups excluding carboxylic acids is 1. The molecule has 0 radical (unpaired) electrons. The van der Waals surface area contributed by atoms with Gasteiger partial charge in [0.05, 0.1) is 18.3 Å². The Kier molecular flexibility index (Phi) is 5.06. The Bertz CT molecular complexity index is 609.